The van der Waals surface area contributed by atoms with E-state index in [1.54, 1.807) is 6.26 Å². The Labute approximate surface area is 115 Å². The fourth-order valence-corrected chi connectivity index (χ4v) is 2.52. The van der Waals surface area contributed by atoms with Crippen molar-refractivity contribution >= 4 is 6.01 Å². The molecule has 2 heterocycles. The third kappa shape index (κ3) is 3.94. The first kappa shape index (κ1) is 14.3. The number of nitrogens with zero attached hydrogens (tertiary/aromatic N) is 2. The zero-order chi connectivity index (χ0) is 13.9. The van der Waals surface area contributed by atoms with Gasteiger partial charge in [0, 0.05) is 13.1 Å². The zero-order valence-electron chi connectivity index (χ0n) is 12.4. The lowest BCUT2D eigenvalue weighted by Crippen LogP contribution is -2.52. The Morgan fingerprint density at radius 2 is 2.32 bits per heavy atom. The van der Waals surface area contributed by atoms with Crippen LogP contribution in [0.5, 0.6) is 0 Å². The molecule has 1 aliphatic heterocycles. The van der Waals surface area contributed by atoms with E-state index in [0.29, 0.717) is 6.01 Å². The molecular weight excluding hydrogens is 242 g/mol. The van der Waals surface area contributed by atoms with Gasteiger partial charge in [0.15, 0.2) is 0 Å². The molecule has 0 bridgehead atoms. The van der Waals surface area contributed by atoms with Gasteiger partial charge in [-0.3, -0.25) is 0 Å². The van der Waals surface area contributed by atoms with E-state index in [4.69, 9.17) is 9.15 Å². The average Bonchev–Trinajstić information content (AvgIpc) is 2.75. The molecule has 0 radical (unpaired) electrons. The highest BCUT2D eigenvalue weighted by Crippen LogP contribution is 2.25. The number of hydrogen-bond donors (Lipinski definition) is 1. The first-order valence-electron chi connectivity index (χ1n) is 7.08. The summed E-state index contributed by atoms with van der Waals surface area (Å²) in [6, 6.07) is 0.705. The van der Waals surface area contributed by atoms with Gasteiger partial charge in [0.25, 0.3) is 6.01 Å². The lowest BCUT2D eigenvalue weighted by molar-refractivity contribution is -0.0761. The van der Waals surface area contributed by atoms with Crippen LogP contribution in [-0.2, 0) is 11.3 Å². The van der Waals surface area contributed by atoms with Crippen LogP contribution in [0, 0.1) is 0 Å². The second-order valence-electron chi connectivity index (χ2n) is 5.87. The van der Waals surface area contributed by atoms with Crippen LogP contribution < -0.4 is 10.2 Å². The topological polar surface area (TPSA) is 50.5 Å². The molecule has 0 spiro atoms. The molecule has 5 heteroatoms. The molecule has 0 aliphatic carbocycles. The average molecular weight is 267 g/mol. The second kappa shape index (κ2) is 5.92. The number of rotatable bonds is 5. The summed E-state index contributed by atoms with van der Waals surface area (Å²) in [5.41, 5.74) is 0.799. The Morgan fingerprint density at radius 1 is 1.53 bits per heavy atom. The Bertz CT molecular complexity index is 403. The number of anilines is 1. The van der Waals surface area contributed by atoms with E-state index in [1.165, 1.54) is 0 Å². The normalized spacial score (nSPS) is 22.7. The van der Waals surface area contributed by atoms with Gasteiger partial charge in [0.05, 0.1) is 23.9 Å². The van der Waals surface area contributed by atoms with E-state index in [1.807, 2.05) is 0 Å². The van der Waals surface area contributed by atoms with E-state index in [9.17, 15) is 0 Å². The van der Waals surface area contributed by atoms with Crippen LogP contribution in [0.15, 0.2) is 10.7 Å². The van der Waals surface area contributed by atoms with Gasteiger partial charge in [0.2, 0.25) is 0 Å². The molecule has 108 valence electrons. The van der Waals surface area contributed by atoms with E-state index in [-0.39, 0.29) is 11.7 Å². The minimum Gasteiger partial charge on any atom is -0.432 e. The number of nitrogens with one attached hydrogen (secondary N) is 1. The van der Waals surface area contributed by atoms with Gasteiger partial charge in [0.1, 0.15) is 6.26 Å². The van der Waals surface area contributed by atoms with Crippen LogP contribution in [0.25, 0.3) is 0 Å². The predicted molar refractivity (Wildman–Crippen MR) is 75.3 cm³/mol. The van der Waals surface area contributed by atoms with Crippen molar-refractivity contribution in [3.8, 4) is 0 Å². The largest absolute Gasteiger partial charge is 0.432 e. The van der Waals surface area contributed by atoms with Gasteiger partial charge in [-0.2, -0.15) is 4.98 Å². The molecule has 0 saturated carbocycles. The Morgan fingerprint density at radius 3 is 3.00 bits per heavy atom. The van der Waals surface area contributed by atoms with Crippen molar-refractivity contribution in [3.05, 3.63) is 12.0 Å². The van der Waals surface area contributed by atoms with Crippen molar-refractivity contribution in [1.29, 1.82) is 0 Å². The summed E-state index contributed by atoms with van der Waals surface area (Å²) >= 11 is 0. The molecule has 0 aromatic carbocycles. The molecule has 19 heavy (non-hydrogen) atoms. The Balaban J connectivity index is 1.97. The van der Waals surface area contributed by atoms with Crippen molar-refractivity contribution in [1.82, 2.24) is 10.3 Å². The van der Waals surface area contributed by atoms with E-state index in [0.717, 1.165) is 38.3 Å². The van der Waals surface area contributed by atoms with Gasteiger partial charge in [-0.05, 0) is 33.7 Å². The Hall–Kier alpha value is -1.07. The molecular formula is C14H25N3O2. The minimum absolute atomic E-state index is 0.160. The predicted octanol–water partition coefficient (Wildman–Crippen LogP) is 2.18. The first-order chi connectivity index (χ1) is 9.00. The first-order valence-corrected chi connectivity index (χ1v) is 7.08. The van der Waals surface area contributed by atoms with Gasteiger partial charge < -0.3 is 19.4 Å². The van der Waals surface area contributed by atoms with Crippen LogP contribution >= 0.6 is 0 Å². The third-order valence-corrected chi connectivity index (χ3v) is 3.11. The number of oxazole rings is 1. The smallest absolute Gasteiger partial charge is 0.297 e. The SMILES string of the molecule is CCCNCc1coc(N2CC(C)OC(C)(C)C2)n1. The molecule has 1 aromatic rings. The highest BCUT2D eigenvalue weighted by atomic mass is 16.5. The maximum Gasteiger partial charge on any atom is 0.297 e. The third-order valence-electron chi connectivity index (χ3n) is 3.11. The molecule has 0 amide bonds. The molecule has 2 rings (SSSR count). The number of ether oxygens (including phenoxy) is 1. The second-order valence-corrected chi connectivity index (χ2v) is 5.87. The summed E-state index contributed by atoms with van der Waals surface area (Å²) in [6.45, 7) is 11.8. The van der Waals surface area contributed by atoms with Crippen LogP contribution in [-0.4, -0.2) is 36.3 Å². The molecule has 1 atom stereocenters. The van der Waals surface area contributed by atoms with E-state index < -0.39 is 0 Å². The summed E-state index contributed by atoms with van der Waals surface area (Å²) in [6.07, 6.45) is 3.06. The quantitative estimate of drug-likeness (QED) is 0.829. The van der Waals surface area contributed by atoms with Crippen molar-refractivity contribution in [3.63, 3.8) is 0 Å². The highest BCUT2D eigenvalue weighted by molar-refractivity contribution is 5.29. The lowest BCUT2D eigenvalue weighted by Gasteiger charge is -2.40. The molecule has 1 N–H and O–H groups in total. The Kier molecular flexibility index (Phi) is 4.47. The van der Waals surface area contributed by atoms with Crippen LogP contribution in [0.3, 0.4) is 0 Å². The number of hydrogen-bond acceptors (Lipinski definition) is 5. The highest BCUT2D eigenvalue weighted by Gasteiger charge is 2.33. The summed E-state index contributed by atoms with van der Waals surface area (Å²) in [5.74, 6) is 0. The van der Waals surface area contributed by atoms with Gasteiger partial charge >= 0.3 is 0 Å². The standard InChI is InChI=1S/C14H25N3O2/c1-5-6-15-7-12-9-18-13(16-12)17-8-11(2)19-14(3,4)10-17/h9,11,15H,5-8,10H2,1-4H3. The summed E-state index contributed by atoms with van der Waals surface area (Å²) in [7, 11) is 0. The molecule has 1 aromatic heterocycles. The van der Waals surface area contributed by atoms with Crippen LogP contribution in [0.4, 0.5) is 6.01 Å². The minimum atomic E-state index is -0.160. The molecule has 1 fully saturated rings. The molecule has 1 aliphatic rings. The maximum absolute atomic E-state index is 5.89. The van der Waals surface area contributed by atoms with E-state index >= 15 is 0 Å². The molecule has 1 unspecified atom stereocenters. The summed E-state index contributed by atoms with van der Waals surface area (Å²) in [5, 5.41) is 3.33. The van der Waals surface area contributed by atoms with Crippen molar-refractivity contribution in [2.24, 2.45) is 0 Å². The van der Waals surface area contributed by atoms with E-state index in [2.05, 4.69) is 42.9 Å². The van der Waals surface area contributed by atoms with Crippen LogP contribution in [0.1, 0.15) is 39.8 Å². The molecule has 5 nitrogen and oxygen atoms in total. The fourth-order valence-electron chi connectivity index (χ4n) is 2.52. The zero-order valence-corrected chi connectivity index (χ0v) is 12.4. The van der Waals surface area contributed by atoms with Crippen molar-refractivity contribution in [2.45, 2.75) is 52.4 Å². The monoisotopic (exact) mass is 267 g/mol. The maximum atomic E-state index is 5.89. The lowest BCUT2D eigenvalue weighted by atomic mass is 10.1. The van der Waals surface area contributed by atoms with Gasteiger partial charge in [-0.25, -0.2) is 0 Å². The fraction of sp³-hybridized carbons (Fsp3) is 0.786. The number of aromatic nitrogens is 1. The summed E-state index contributed by atoms with van der Waals surface area (Å²) < 4.78 is 11.5. The number of morpholine rings is 1. The summed E-state index contributed by atoms with van der Waals surface area (Å²) in [4.78, 5) is 6.71. The van der Waals surface area contributed by atoms with Crippen molar-refractivity contribution < 1.29 is 9.15 Å². The van der Waals surface area contributed by atoms with Crippen LogP contribution in [0.2, 0.25) is 0 Å². The van der Waals surface area contributed by atoms with Gasteiger partial charge in [-0.15, -0.1) is 0 Å². The molecule has 1 saturated heterocycles. The van der Waals surface area contributed by atoms with Crippen molar-refractivity contribution in [2.75, 3.05) is 24.5 Å². The van der Waals surface area contributed by atoms with Gasteiger partial charge in [-0.1, -0.05) is 6.92 Å².